The van der Waals surface area contributed by atoms with E-state index < -0.39 is 13.7 Å². The molecule has 10 nitrogen and oxygen atoms in total. The standard InChI is InChI=1S/C25H42N6O4Si/c1-8-26-23(32)19-16-31(17-34-12-13-36(5,6)7)22-21(19)29-20(14-27-22)28-18-10-9-11-30(15-18)24(33)35-25(2,3)4/h14,16,18H,8-13,15,17H2,1-7H3,(H,26,32)(H,28,29)/t18-/m1/s1. The van der Waals surface area contributed by atoms with E-state index in [1.54, 1.807) is 17.3 Å². The summed E-state index contributed by atoms with van der Waals surface area (Å²) in [6, 6.07) is 1.08. The molecule has 1 saturated heterocycles. The van der Waals surface area contributed by atoms with Crippen LogP contribution in [0.5, 0.6) is 0 Å². The van der Waals surface area contributed by atoms with Crippen molar-refractivity contribution in [3.63, 3.8) is 0 Å². The second-order valence-corrected chi connectivity index (χ2v) is 17.2. The molecule has 2 aromatic heterocycles. The average Bonchev–Trinajstić information content (AvgIpc) is 3.13. The number of likely N-dealkylation sites (tertiary alicyclic amines) is 1. The van der Waals surface area contributed by atoms with E-state index in [2.05, 4.69) is 35.3 Å². The van der Waals surface area contributed by atoms with Crippen LogP contribution in [0.15, 0.2) is 12.4 Å². The number of ether oxygens (including phenoxy) is 2. The predicted octanol–water partition coefficient (Wildman–Crippen LogP) is 4.30. The van der Waals surface area contributed by atoms with E-state index in [0.29, 0.717) is 55.5 Å². The molecule has 1 aliphatic rings. The van der Waals surface area contributed by atoms with Crippen LogP contribution in [0, 0.1) is 0 Å². The summed E-state index contributed by atoms with van der Waals surface area (Å²) >= 11 is 0. The number of anilines is 1. The van der Waals surface area contributed by atoms with Crippen molar-refractivity contribution >= 4 is 37.1 Å². The van der Waals surface area contributed by atoms with E-state index in [1.807, 2.05) is 32.3 Å². The molecule has 36 heavy (non-hydrogen) atoms. The summed E-state index contributed by atoms with van der Waals surface area (Å²) in [5.74, 6) is 0.380. The number of amides is 2. The Bertz CT molecular complexity index is 1060. The average molecular weight is 519 g/mol. The van der Waals surface area contributed by atoms with Gasteiger partial charge in [-0.15, -0.1) is 0 Å². The minimum atomic E-state index is -1.19. The number of carbonyl (C=O) groups is 2. The first kappa shape index (κ1) is 27.9. The molecular weight excluding hydrogens is 476 g/mol. The van der Waals surface area contributed by atoms with Gasteiger partial charge in [-0.3, -0.25) is 4.79 Å². The van der Waals surface area contributed by atoms with Crippen LogP contribution >= 0.6 is 0 Å². The first-order chi connectivity index (χ1) is 16.9. The maximum Gasteiger partial charge on any atom is 0.410 e. The molecule has 0 radical (unpaired) electrons. The van der Waals surface area contributed by atoms with Crippen molar-refractivity contribution < 1.29 is 19.1 Å². The van der Waals surface area contributed by atoms with E-state index in [1.165, 1.54) is 0 Å². The third-order valence-electron chi connectivity index (χ3n) is 5.80. The molecule has 0 aromatic carbocycles. The number of rotatable bonds is 9. The van der Waals surface area contributed by atoms with Crippen LogP contribution < -0.4 is 10.6 Å². The highest BCUT2D eigenvalue weighted by Gasteiger charge is 2.28. The fourth-order valence-electron chi connectivity index (χ4n) is 3.98. The number of nitrogens with one attached hydrogen (secondary N) is 2. The molecule has 11 heteroatoms. The molecule has 2 amide bonds. The molecule has 0 aliphatic carbocycles. The zero-order valence-corrected chi connectivity index (χ0v) is 23.8. The second kappa shape index (κ2) is 11.6. The summed E-state index contributed by atoms with van der Waals surface area (Å²) in [6.45, 7) is 17.1. The number of piperidine rings is 1. The van der Waals surface area contributed by atoms with Crippen LogP contribution in [0.2, 0.25) is 25.7 Å². The van der Waals surface area contributed by atoms with E-state index >= 15 is 0 Å². The van der Waals surface area contributed by atoms with E-state index in [4.69, 9.17) is 14.5 Å². The Balaban J connectivity index is 1.76. The fourth-order valence-corrected chi connectivity index (χ4v) is 4.74. The topological polar surface area (TPSA) is 111 Å². The van der Waals surface area contributed by atoms with Crippen molar-refractivity contribution in [2.24, 2.45) is 0 Å². The molecule has 2 aromatic rings. The van der Waals surface area contributed by atoms with Gasteiger partial charge in [0.25, 0.3) is 5.91 Å². The summed E-state index contributed by atoms with van der Waals surface area (Å²) < 4.78 is 13.3. The van der Waals surface area contributed by atoms with Crippen molar-refractivity contribution in [3.8, 4) is 0 Å². The zero-order valence-electron chi connectivity index (χ0n) is 22.8. The van der Waals surface area contributed by atoms with Gasteiger partial charge in [-0.25, -0.2) is 14.8 Å². The molecule has 0 bridgehead atoms. The maximum atomic E-state index is 12.8. The molecule has 1 aliphatic heterocycles. The molecule has 0 unspecified atom stereocenters. The number of hydrogen-bond acceptors (Lipinski definition) is 7. The van der Waals surface area contributed by atoms with Crippen LogP contribution in [-0.4, -0.2) is 77.4 Å². The van der Waals surface area contributed by atoms with Gasteiger partial charge in [-0.1, -0.05) is 19.6 Å². The van der Waals surface area contributed by atoms with Gasteiger partial charge < -0.3 is 29.6 Å². The summed E-state index contributed by atoms with van der Waals surface area (Å²) in [4.78, 5) is 36.4. The van der Waals surface area contributed by atoms with Crippen molar-refractivity contribution in [2.75, 3.05) is 31.6 Å². The van der Waals surface area contributed by atoms with E-state index in [0.717, 1.165) is 18.9 Å². The largest absolute Gasteiger partial charge is 0.444 e. The van der Waals surface area contributed by atoms with Crippen LogP contribution in [0.4, 0.5) is 10.6 Å². The smallest absolute Gasteiger partial charge is 0.410 e. The highest BCUT2D eigenvalue weighted by atomic mass is 28.3. The number of fused-ring (bicyclic) bond motifs is 1. The van der Waals surface area contributed by atoms with Crippen molar-refractivity contribution in [1.29, 1.82) is 0 Å². The lowest BCUT2D eigenvalue weighted by molar-refractivity contribution is 0.0206. The van der Waals surface area contributed by atoms with Gasteiger partial charge in [0, 0.05) is 46.6 Å². The summed E-state index contributed by atoms with van der Waals surface area (Å²) in [6.07, 6.45) is 4.89. The Morgan fingerprint density at radius 1 is 1.25 bits per heavy atom. The van der Waals surface area contributed by atoms with Gasteiger partial charge in [0.15, 0.2) is 5.65 Å². The second-order valence-electron chi connectivity index (χ2n) is 11.6. The number of nitrogens with zero attached hydrogens (tertiary/aromatic N) is 4. The normalized spacial score (nSPS) is 16.8. The molecule has 1 fully saturated rings. The summed E-state index contributed by atoms with van der Waals surface area (Å²) in [5.41, 5.74) is 1.07. The third kappa shape index (κ3) is 7.92. The third-order valence-corrected chi connectivity index (χ3v) is 7.50. The molecule has 3 heterocycles. The highest BCUT2D eigenvalue weighted by Crippen LogP contribution is 2.22. The first-order valence-electron chi connectivity index (χ1n) is 12.8. The number of hydrogen-bond donors (Lipinski definition) is 2. The molecule has 3 rings (SSSR count). The SMILES string of the molecule is CCNC(=O)c1cn(COCC[Si](C)(C)C)c2ncc(N[C@@H]3CCCN(C(=O)OC(C)(C)C)C3)nc12. The zero-order chi connectivity index (χ0) is 26.5. The van der Waals surface area contributed by atoms with Gasteiger partial charge in [0.1, 0.15) is 23.7 Å². The summed E-state index contributed by atoms with van der Waals surface area (Å²) in [7, 11) is -1.19. The van der Waals surface area contributed by atoms with Crippen LogP contribution in [0.1, 0.15) is 50.9 Å². The van der Waals surface area contributed by atoms with Crippen molar-refractivity contribution in [1.82, 2.24) is 24.8 Å². The van der Waals surface area contributed by atoms with Crippen molar-refractivity contribution in [2.45, 2.75) is 84.6 Å². The molecule has 0 spiro atoms. The molecule has 1 atom stereocenters. The van der Waals surface area contributed by atoms with Crippen LogP contribution in [0.3, 0.4) is 0 Å². The maximum absolute atomic E-state index is 12.8. The Morgan fingerprint density at radius 2 is 2.00 bits per heavy atom. The number of aromatic nitrogens is 3. The lowest BCUT2D eigenvalue weighted by atomic mass is 10.1. The van der Waals surface area contributed by atoms with Gasteiger partial charge in [0.05, 0.1) is 11.8 Å². The quantitative estimate of drug-likeness (QED) is 0.376. The van der Waals surface area contributed by atoms with Crippen LogP contribution in [0.25, 0.3) is 11.2 Å². The Labute approximate surface area is 215 Å². The first-order valence-corrected chi connectivity index (χ1v) is 16.5. The molecule has 0 saturated carbocycles. The monoisotopic (exact) mass is 518 g/mol. The van der Waals surface area contributed by atoms with Gasteiger partial charge in [0.2, 0.25) is 0 Å². The lowest BCUT2D eigenvalue weighted by Gasteiger charge is -2.34. The molecule has 2 N–H and O–H groups in total. The van der Waals surface area contributed by atoms with E-state index in [-0.39, 0.29) is 18.0 Å². The lowest BCUT2D eigenvalue weighted by Crippen LogP contribution is -2.47. The summed E-state index contributed by atoms with van der Waals surface area (Å²) in [5, 5.41) is 6.26. The van der Waals surface area contributed by atoms with Gasteiger partial charge in [-0.05, 0) is 46.6 Å². The van der Waals surface area contributed by atoms with E-state index in [9.17, 15) is 9.59 Å². The molecular formula is C25H42N6O4Si. The molecule has 200 valence electrons. The highest BCUT2D eigenvalue weighted by molar-refractivity contribution is 6.76. The fraction of sp³-hybridized carbons (Fsp3) is 0.680. The van der Waals surface area contributed by atoms with Gasteiger partial charge in [-0.2, -0.15) is 0 Å². The van der Waals surface area contributed by atoms with Gasteiger partial charge >= 0.3 is 6.09 Å². The Kier molecular flexibility index (Phi) is 8.99. The minimum absolute atomic E-state index is 0.0120. The van der Waals surface area contributed by atoms with Crippen molar-refractivity contribution in [3.05, 3.63) is 18.0 Å². The Morgan fingerprint density at radius 3 is 2.67 bits per heavy atom. The van der Waals surface area contributed by atoms with Crippen LogP contribution in [-0.2, 0) is 16.2 Å². The predicted molar refractivity (Wildman–Crippen MR) is 144 cm³/mol. The Hall–Kier alpha value is -2.66. The number of carbonyl (C=O) groups excluding carboxylic acids is 2. The minimum Gasteiger partial charge on any atom is -0.444 e.